The molecule has 33 heavy (non-hydrogen) atoms. The van der Waals surface area contributed by atoms with Crippen LogP contribution in [-0.4, -0.2) is 61.3 Å². The third kappa shape index (κ3) is 3.92. The summed E-state index contributed by atoms with van der Waals surface area (Å²) in [6.45, 7) is 1.60. The van der Waals surface area contributed by atoms with E-state index in [9.17, 15) is 14.7 Å². The Balaban J connectivity index is 1.63. The Bertz CT molecular complexity index is 1200. The molecule has 1 aliphatic heterocycles. The van der Waals surface area contributed by atoms with Crippen molar-refractivity contribution >= 4 is 28.3 Å². The fourth-order valence-electron chi connectivity index (χ4n) is 4.65. The highest BCUT2D eigenvalue weighted by Gasteiger charge is 2.36. The molecule has 3 aliphatic rings. The van der Waals surface area contributed by atoms with Crippen LogP contribution in [0.3, 0.4) is 0 Å². The van der Waals surface area contributed by atoms with Crippen LogP contribution in [0.5, 0.6) is 5.75 Å². The smallest absolute Gasteiger partial charge is 0.341 e. The predicted octanol–water partition coefficient (Wildman–Crippen LogP) is 2.37. The number of halogens is 1. The number of methoxy groups -OCH3 is 1. The molecular weight excluding hydrogens is 431 g/mol. The van der Waals surface area contributed by atoms with Gasteiger partial charge in [0.1, 0.15) is 18.4 Å². The lowest BCUT2D eigenvalue weighted by molar-refractivity contribution is 0.0695. The van der Waals surface area contributed by atoms with E-state index in [0.29, 0.717) is 24.6 Å². The van der Waals surface area contributed by atoms with Crippen molar-refractivity contribution in [2.75, 3.05) is 38.8 Å². The largest absolute Gasteiger partial charge is 0.492 e. The highest BCUT2D eigenvalue weighted by Crippen LogP contribution is 2.44. The first kappa shape index (κ1) is 21.7. The number of carboxylic acid groups (broad SMARTS) is 1. The molecule has 3 fully saturated rings. The number of rotatable bonds is 8. The fraction of sp³-hybridized carbons (Fsp3) is 0.522. The number of nitrogens with zero attached hydrogens (tertiary/aromatic N) is 3. The molecule has 2 N–H and O–H groups in total. The van der Waals surface area contributed by atoms with Gasteiger partial charge in [0.2, 0.25) is 5.43 Å². The minimum absolute atomic E-state index is 0.0110. The van der Waals surface area contributed by atoms with Gasteiger partial charge >= 0.3 is 5.97 Å². The van der Waals surface area contributed by atoms with E-state index in [1.807, 2.05) is 4.90 Å². The summed E-state index contributed by atoms with van der Waals surface area (Å²) in [5.41, 5.74) is 0.405. The number of carboxylic acids is 1. The molecule has 9 nitrogen and oxygen atoms in total. The zero-order chi connectivity index (χ0) is 23.3. The summed E-state index contributed by atoms with van der Waals surface area (Å²) in [5.74, 6) is -1.68. The number of benzene rings is 1. The summed E-state index contributed by atoms with van der Waals surface area (Å²) in [4.78, 5) is 31.4. The lowest BCUT2D eigenvalue weighted by Crippen LogP contribution is -2.30. The number of oxime groups is 1. The third-order valence-corrected chi connectivity index (χ3v) is 6.59. The van der Waals surface area contributed by atoms with Gasteiger partial charge in [-0.05, 0) is 31.7 Å². The monoisotopic (exact) mass is 458 g/mol. The lowest BCUT2D eigenvalue weighted by Gasteiger charge is -2.24. The van der Waals surface area contributed by atoms with Crippen LogP contribution in [0.2, 0.25) is 0 Å². The number of fused-ring (bicyclic) bond motifs is 1. The minimum atomic E-state index is -1.33. The molecule has 1 atom stereocenters. The van der Waals surface area contributed by atoms with Gasteiger partial charge in [-0.1, -0.05) is 5.16 Å². The summed E-state index contributed by atoms with van der Waals surface area (Å²) in [6, 6.07) is 1.73. The van der Waals surface area contributed by atoms with Crippen molar-refractivity contribution in [3.05, 3.63) is 33.9 Å². The zero-order valence-corrected chi connectivity index (χ0v) is 18.6. The number of hydrogen-bond acceptors (Lipinski definition) is 7. The third-order valence-electron chi connectivity index (χ3n) is 6.59. The molecule has 0 bridgehead atoms. The van der Waals surface area contributed by atoms with Crippen LogP contribution in [0.4, 0.5) is 10.1 Å². The van der Waals surface area contributed by atoms with E-state index < -0.39 is 17.2 Å². The minimum Gasteiger partial charge on any atom is -0.492 e. The second-order valence-electron chi connectivity index (χ2n) is 8.98. The van der Waals surface area contributed by atoms with Crippen molar-refractivity contribution < 1.29 is 23.9 Å². The van der Waals surface area contributed by atoms with Crippen molar-refractivity contribution in [1.82, 2.24) is 9.88 Å². The predicted molar refractivity (Wildman–Crippen MR) is 121 cm³/mol. The molecule has 1 unspecified atom stereocenters. The standard InChI is InChI=1S/C23H27FN4O5/c1-32-22-19-15(21(29)16(23(30)31)10-28(19)14-5-6-14)7-17(24)20(22)27-9-12(8-25-13-3-4-13)18(11-27)26-33-2/h7,10,12-14,25H,3-6,8-9,11H2,1-2H3,(H,30,31)/b26-18-. The second-order valence-corrected chi connectivity index (χ2v) is 8.98. The van der Waals surface area contributed by atoms with E-state index in [2.05, 4.69) is 10.5 Å². The number of anilines is 1. The lowest BCUT2D eigenvalue weighted by atomic mass is 10.1. The zero-order valence-electron chi connectivity index (χ0n) is 18.6. The first-order valence-electron chi connectivity index (χ1n) is 11.2. The molecule has 2 aliphatic carbocycles. The number of aromatic nitrogens is 1. The van der Waals surface area contributed by atoms with Crippen LogP contribution in [0.25, 0.3) is 10.9 Å². The molecule has 1 aromatic heterocycles. The van der Waals surface area contributed by atoms with Gasteiger partial charge in [-0.15, -0.1) is 0 Å². The van der Waals surface area contributed by atoms with Gasteiger partial charge in [0.25, 0.3) is 0 Å². The van der Waals surface area contributed by atoms with Gasteiger partial charge in [-0.25, -0.2) is 9.18 Å². The van der Waals surface area contributed by atoms with Crippen molar-refractivity contribution in [2.24, 2.45) is 11.1 Å². The van der Waals surface area contributed by atoms with Crippen LogP contribution >= 0.6 is 0 Å². The van der Waals surface area contributed by atoms with Crippen molar-refractivity contribution in [3.63, 3.8) is 0 Å². The molecule has 0 spiro atoms. The van der Waals surface area contributed by atoms with Crippen molar-refractivity contribution in [3.8, 4) is 5.75 Å². The number of hydrogen-bond donors (Lipinski definition) is 2. The summed E-state index contributed by atoms with van der Waals surface area (Å²) in [6.07, 6.45) is 5.40. The maximum Gasteiger partial charge on any atom is 0.341 e. The van der Waals surface area contributed by atoms with Gasteiger partial charge in [0, 0.05) is 37.3 Å². The van der Waals surface area contributed by atoms with E-state index in [1.54, 1.807) is 4.57 Å². The van der Waals surface area contributed by atoms with E-state index in [0.717, 1.165) is 44.0 Å². The average molecular weight is 458 g/mol. The average Bonchev–Trinajstić information content (AvgIpc) is 3.71. The molecule has 176 valence electrons. The highest BCUT2D eigenvalue weighted by molar-refractivity contribution is 5.99. The van der Waals surface area contributed by atoms with Gasteiger partial charge < -0.3 is 29.5 Å². The van der Waals surface area contributed by atoms with Crippen molar-refractivity contribution in [1.29, 1.82) is 0 Å². The summed E-state index contributed by atoms with van der Waals surface area (Å²) < 4.78 is 23.0. The summed E-state index contributed by atoms with van der Waals surface area (Å²) in [7, 11) is 2.93. The van der Waals surface area contributed by atoms with Crippen LogP contribution in [0, 0.1) is 11.7 Å². The summed E-state index contributed by atoms with van der Waals surface area (Å²) in [5, 5.41) is 17.2. The maximum atomic E-state index is 15.5. The van der Waals surface area contributed by atoms with Crippen LogP contribution < -0.4 is 20.4 Å². The molecule has 10 heteroatoms. The Kier molecular flexibility index (Phi) is 5.48. The number of carbonyl (C=O) groups is 1. The number of ether oxygens (including phenoxy) is 1. The van der Waals surface area contributed by atoms with E-state index >= 15 is 4.39 Å². The van der Waals surface area contributed by atoms with Crippen LogP contribution in [0.1, 0.15) is 42.1 Å². The Hall–Kier alpha value is -3.14. The molecule has 1 saturated heterocycles. The van der Waals surface area contributed by atoms with Crippen molar-refractivity contribution in [2.45, 2.75) is 37.8 Å². The molecular formula is C23H27FN4O5. The molecule has 5 rings (SSSR count). The molecule has 2 saturated carbocycles. The molecule has 2 heterocycles. The topological polar surface area (TPSA) is 105 Å². The Morgan fingerprint density at radius 3 is 2.67 bits per heavy atom. The SMILES string of the molecule is CO/N=C1/CN(c2c(F)cc3c(=O)c(C(=O)O)cn(C4CC4)c3c2OC)CC1CNC1CC1. The first-order chi connectivity index (χ1) is 15.9. The summed E-state index contributed by atoms with van der Waals surface area (Å²) >= 11 is 0. The Morgan fingerprint density at radius 2 is 2.06 bits per heavy atom. The van der Waals surface area contributed by atoms with E-state index in [-0.39, 0.29) is 34.3 Å². The maximum absolute atomic E-state index is 15.5. The molecule has 2 aromatic rings. The van der Waals surface area contributed by atoms with E-state index in [1.165, 1.54) is 20.4 Å². The normalized spacial score (nSPS) is 21.7. The molecule has 0 radical (unpaired) electrons. The number of nitrogens with one attached hydrogen (secondary N) is 1. The van der Waals surface area contributed by atoms with Gasteiger partial charge in [0.15, 0.2) is 11.6 Å². The Labute approximate surface area is 189 Å². The van der Waals surface area contributed by atoms with E-state index in [4.69, 9.17) is 9.57 Å². The van der Waals surface area contributed by atoms with Crippen LogP contribution in [-0.2, 0) is 4.84 Å². The highest BCUT2D eigenvalue weighted by atomic mass is 19.1. The fourth-order valence-corrected chi connectivity index (χ4v) is 4.65. The Morgan fingerprint density at radius 1 is 1.30 bits per heavy atom. The second kappa shape index (κ2) is 8.33. The van der Waals surface area contributed by atoms with Gasteiger partial charge in [-0.3, -0.25) is 4.79 Å². The number of aromatic carboxylic acids is 1. The van der Waals surface area contributed by atoms with Crippen LogP contribution in [0.15, 0.2) is 22.2 Å². The molecule has 0 amide bonds. The first-order valence-corrected chi connectivity index (χ1v) is 11.2. The quantitative estimate of drug-likeness (QED) is 0.585. The van der Waals surface area contributed by atoms with Gasteiger partial charge in [0.05, 0.1) is 30.3 Å². The van der Waals surface area contributed by atoms with Gasteiger partial charge in [-0.2, -0.15) is 0 Å². The number of pyridine rings is 1. The molecule has 1 aromatic carbocycles.